The van der Waals surface area contributed by atoms with E-state index in [4.69, 9.17) is 9.47 Å². The minimum absolute atomic E-state index is 0.305. The van der Waals surface area contributed by atoms with Gasteiger partial charge in [0, 0.05) is 14.2 Å². The molecule has 0 radical (unpaired) electrons. The number of carbonyl (C=O) groups excluding carboxylic acids is 2. The number of hydrogen-bond acceptors (Lipinski definition) is 4. The number of methoxy groups -OCH3 is 2. The second-order valence-corrected chi connectivity index (χ2v) is 53.6. The van der Waals surface area contributed by atoms with E-state index in [0.29, 0.717) is 11.1 Å². The molecule has 4 nitrogen and oxygen atoms in total. The molecule has 0 aliphatic rings. The van der Waals surface area contributed by atoms with Gasteiger partial charge in [-0.3, -0.25) is 0 Å². The fourth-order valence-electron chi connectivity index (χ4n) is 6.14. The minimum Gasteiger partial charge on any atom is -0.465 e. The van der Waals surface area contributed by atoms with E-state index in [9.17, 15) is 9.59 Å². The van der Waals surface area contributed by atoms with Gasteiger partial charge in [0.1, 0.15) is 0 Å². The summed E-state index contributed by atoms with van der Waals surface area (Å²) in [5.74, 6) is -0.610. The van der Waals surface area contributed by atoms with Crippen molar-refractivity contribution < 1.29 is 19.1 Å². The zero-order valence-corrected chi connectivity index (χ0v) is 31.9. The second kappa shape index (κ2) is 12.6. The summed E-state index contributed by atoms with van der Waals surface area (Å²) < 4.78 is 10.1. The molecule has 0 spiro atoms. The van der Waals surface area contributed by atoms with Crippen molar-refractivity contribution in [2.45, 2.75) is 52.4 Å². The Morgan fingerprint density at radius 1 is 0.500 bits per heavy atom. The third-order valence-corrected chi connectivity index (χ3v) is 77.2. The zero-order valence-electron chi connectivity index (χ0n) is 27.9. The lowest BCUT2D eigenvalue weighted by molar-refractivity contribution is 0.0594. The molecule has 0 bridgehead atoms. The SMILES string of the molecule is COC(=O)c1ccc(/C=C/[Si](C)(C)[Si](C)(C)[Si](C)(C)[Si](C)(C)/C=C/c2ccc(C(=O)OC)c3ccccc23)c2ccccc12. The van der Waals surface area contributed by atoms with Gasteiger partial charge in [0.25, 0.3) is 0 Å². The first-order valence-electron chi connectivity index (χ1n) is 15.2. The predicted molar refractivity (Wildman–Crippen MR) is 199 cm³/mol. The van der Waals surface area contributed by atoms with Gasteiger partial charge in [0.15, 0.2) is 0 Å². The Bertz CT molecular complexity index is 1650. The normalized spacial score (nSPS) is 13.2. The molecule has 4 aromatic rings. The molecule has 0 amide bonds. The molecule has 0 fully saturated rings. The lowest BCUT2D eigenvalue weighted by atomic mass is 9.99. The van der Waals surface area contributed by atoms with Crippen molar-refractivity contribution in [2.24, 2.45) is 0 Å². The van der Waals surface area contributed by atoms with Crippen molar-refractivity contribution in [3.05, 3.63) is 106 Å². The van der Waals surface area contributed by atoms with E-state index >= 15 is 0 Å². The van der Waals surface area contributed by atoms with Gasteiger partial charge in [-0.05, 0) is 44.8 Å². The largest absolute Gasteiger partial charge is 0.465 e. The first kappa shape index (κ1) is 33.6. The summed E-state index contributed by atoms with van der Waals surface area (Å²) in [6.45, 7) is 20.8. The summed E-state index contributed by atoms with van der Waals surface area (Å²) in [6, 6.07) is 24.1. The molecule has 0 heterocycles. The monoisotopic (exact) mass is 654 g/mol. The maximum atomic E-state index is 12.4. The third kappa shape index (κ3) is 6.00. The van der Waals surface area contributed by atoms with Crippen LogP contribution in [0.5, 0.6) is 0 Å². The van der Waals surface area contributed by atoms with Crippen molar-refractivity contribution in [3.8, 4) is 0 Å². The van der Waals surface area contributed by atoms with Gasteiger partial charge in [-0.25, -0.2) is 9.59 Å². The molecule has 0 saturated heterocycles. The molecule has 0 atom stereocenters. The van der Waals surface area contributed by atoms with E-state index in [-0.39, 0.29) is 11.9 Å². The number of rotatable bonds is 9. The summed E-state index contributed by atoms with van der Waals surface area (Å²) in [4.78, 5) is 24.8. The van der Waals surface area contributed by atoms with Gasteiger partial charge < -0.3 is 9.47 Å². The summed E-state index contributed by atoms with van der Waals surface area (Å²) in [6.07, 6.45) is 4.66. The molecule has 4 rings (SSSR count). The molecule has 230 valence electrons. The second-order valence-electron chi connectivity index (χ2n) is 13.8. The van der Waals surface area contributed by atoms with E-state index < -0.39 is 29.4 Å². The molecule has 4 aromatic carbocycles. The number of benzene rings is 4. The summed E-state index contributed by atoms with van der Waals surface area (Å²) >= 11 is 0. The molecule has 0 aliphatic carbocycles. The van der Waals surface area contributed by atoms with Gasteiger partial charge in [-0.2, -0.15) is 0 Å². The van der Waals surface area contributed by atoms with E-state index in [1.807, 2.05) is 48.5 Å². The van der Waals surface area contributed by atoms with Crippen LogP contribution in [0.1, 0.15) is 31.8 Å². The van der Waals surface area contributed by atoms with Crippen LogP contribution in [0.25, 0.3) is 33.7 Å². The van der Waals surface area contributed by atoms with Crippen LogP contribution in [0.3, 0.4) is 0 Å². The molecular weight excluding hydrogens is 609 g/mol. The molecule has 0 aromatic heterocycles. The standard InChI is InChI=1S/C36H46O4Si4/c1-39-35(37)33-21-19-27(29-15-11-13-17-31(29)33)23-25-41(3,4)43(7,8)44(9,10)42(5,6)26-24-28-20-22-34(36(38)40-2)32-18-14-12-16-30(28)32/h11-26H,1-10H3/b25-23+,26-24+. The van der Waals surface area contributed by atoms with Crippen molar-refractivity contribution in [1.82, 2.24) is 0 Å². The van der Waals surface area contributed by atoms with Gasteiger partial charge in [-0.15, -0.1) is 0 Å². The van der Waals surface area contributed by atoms with E-state index in [2.05, 4.69) is 100 Å². The van der Waals surface area contributed by atoms with Crippen molar-refractivity contribution in [3.63, 3.8) is 0 Å². The first-order valence-corrected chi connectivity index (χ1v) is 30.3. The number of ether oxygens (including phenoxy) is 2. The van der Waals surface area contributed by atoms with Crippen molar-refractivity contribution in [1.29, 1.82) is 0 Å². The molecule has 0 N–H and O–H groups in total. The van der Waals surface area contributed by atoms with Crippen molar-refractivity contribution >= 4 is 75.0 Å². The number of esters is 2. The van der Waals surface area contributed by atoms with Gasteiger partial charge >= 0.3 is 11.9 Å². The summed E-state index contributed by atoms with van der Waals surface area (Å²) in [7, 11) is -4.12. The van der Waals surface area contributed by atoms with Crippen LogP contribution in [0.2, 0.25) is 52.4 Å². The van der Waals surface area contributed by atoms with Gasteiger partial charge in [0.2, 0.25) is 0 Å². The topological polar surface area (TPSA) is 52.6 Å². The Morgan fingerprint density at radius 2 is 0.818 bits per heavy atom. The van der Waals surface area contributed by atoms with Crippen LogP contribution in [-0.2, 0) is 9.47 Å². The number of hydrogen-bond donors (Lipinski definition) is 0. The highest BCUT2D eigenvalue weighted by Crippen LogP contribution is 2.38. The highest BCUT2D eigenvalue weighted by atomic mass is 29.8. The van der Waals surface area contributed by atoms with Gasteiger partial charge in [-0.1, -0.05) is 137 Å². The summed E-state index contributed by atoms with van der Waals surface area (Å²) in [5, 5.41) is 4.02. The van der Waals surface area contributed by atoms with Crippen LogP contribution in [-0.4, -0.2) is 55.6 Å². The highest BCUT2D eigenvalue weighted by Gasteiger charge is 2.57. The Morgan fingerprint density at radius 3 is 1.14 bits per heavy atom. The van der Waals surface area contributed by atoms with Crippen molar-refractivity contribution in [2.75, 3.05) is 14.2 Å². The highest BCUT2D eigenvalue weighted by molar-refractivity contribution is 7.84. The van der Waals surface area contributed by atoms with Crippen LogP contribution >= 0.6 is 0 Å². The maximum absolute atomic E-state index is 12.4. The van der Waals surface area contributed by atoms with Gasteiger partial charge in [0.05, 0.1) is 40.5 Å². The lowest BCUT2D eigenvalue weighted by Gasteiger charge is -2.53. The van der Waals surface area contributed by atoms with Crippen LogP contribution in [0.4, 0.5) is 0 Å². The fourth-order valence-corrected chi connectivity index (χ4v) is 71.9. The van der Waals surface area contributed by atoms with E-state index in [1.54, 1.807) is 0 Å². The van der Waals surface area contributed by atoms with E-state index in [1.165, 1.54) is 14.2 Å². The summed E-state index contributed by atoms with van der Waals surface area (Å²) in [5.41, 5.74) is 8.65. The third-order valence-electron chi connectivity index (χ3n) is 10.9. The van der Waals surface area contributed by atoms with Crippen LogP contribution < -0.4 is 0 Å². The lowest BCUT2D eigenvalue weighted by Crippen LogP contribution is -2.78. The van der Waals surface area contributed by atoms with Crippen LogP contribution in [0, 0.1) is 0 Å². The Kier molecular flexibility index (Phi) is 9.61. The maximum Gasteiger partial charge on any atom is 0.338 e. The first-order chi connectivity index (χ1) is 20.6. The average molecular weight is 655 g/mol. The Labute approximate surface area is 266 Å². The molecule has 0 saturated carbocycles. The Hall–Kier alpha value is -3.31. The smallest absolute Gasteiger partial charge is 0.338 e. The zero-order chi connectivity index (χ0) is 32.5. The average Bonchev–Trinajstić information content (AvgIpc) is 3.01. The number of carbonyl (C=O) groups is 2. The van der Waals surface area contributed by atoms with E-state index in [0.717, 1.165) is 32.7 Å². The molecule has 0 aliphatic heterocycles. The van der Waals surface area contributed by atoms with Crippen LogP contribution in [0.15, 0.2) is 84.2 Å². The quantitative estimate of drug-likeness (QED) is 0.133. The predicted octanol–water partition coefficient (Wildman–Crippen LogP) is 9.44. The fraction of sp³-hybridized carbons (Fsp3) is 0.278. The molecule has 44 heavy (non-hydrogen) atoms. The Balaban J connectivity index is 1.68. The minimum atomic E-state index is -1.79. The molecule has 0 unspecified atom stereocenters. The number of fused-ring (bicyclic) bond motifs is 2. The molecule has 8 heteroatoms. The molecular formula is C36H46O4Si4.